The predicted octanol–water partition coefficient (Wildman–Crippen LogP) is 3.24. The molecule has 80 valence electrons. The van der Waals surface area contributed by atoms with Gasteiger partial charge in [-0.1, -0.05) is 24.2 Å². The predicted molar refractivity (Wildman–Crippen MR) is 61.1 cm³/mol. The average Bonchev–Trinajstić information content (AvgIpc) is 2.83. The lowest BCUT2D eigenvalue weighted by Gasteiger charge is -2.06. The van der Waals surface area contributed by atoms with Crippen molar-refractivity contribution in [3.05, 3.63) is 59.0 Å². The second kappa shape index (κ2) is 4.51. The van der Waals surface area contributed by atoms with Crippen LogP contribution >= 0.6 is 0 Å². The van der Waals surface area contributed by atoms with Crippen molar-refractivity contribution in [3.63, 3.8) is 0 Å². The SMILES string of the molecule is C[C@@H](N=[N+]=[N-])c1ccc(-n2ccnc2)cc1. The van der Waals surface area contributed by atoms with E-state index >= 15 is 0 Å². The zero-order chi connectivity index (χ0) is 11.4. The molecule has 0 amide bonds. The third-order valence-electron chi connectivity index (χ3n) is 2.40. The Labute approximate surface area is 93.0 Å². The second-order valence-electron chi connectivity index (χ2n) is 3.44. The summed E-state index contributed by atoms with van der Waals surface area (Å²) in [7, 11) is 0. The third-order valence-corrected chi connectivity index (χ3v) is 2.40. The first-order valence-corrected chi connectivity index (χ1v) is 4.94. The molecule has 1 aromatic carbocycles. The van der Waals surface area contributed by atoms with Crippen LogP contribution in [0.15, 0.2) is 48.1 Å². The first-order valence-electron chi connectivity index (χ1n) is 4.94. The highest BCUT2D eigenvalue weighted by Crippen LogP contribution is 2.18. The fraction of sp³-hybridized carbons (Fsp3) is 0.182. The number of hydrogen-bond acceptors (Lipinski definition) is 2. The molecule has 5 nitrogen and oxygen atoms in total. The van der Waals surface area contributed by atoms with E-state index in [1.807, 2.05) is 42.0 Å². The molecule has 16 heavy (non-hydrogen) atoms. The lowest BCUT2D eigenvalue weighted by atomic mass is 10.1. The van der Waals surface area contributed by atoms with Crippen LogP contribution in [-0.4, -0.2) is 9.55 Å². The van der Waals surface area contributed by atoms with Crippen molar-refractivity contribution in [1.82, 2.24) is 9.55 Å². The summed E-state index contributed by atoms with van der Waals surface area (Å²) in [6.07, 6.45) is 5.36. The third kappa shape index (κ3) is 2.04. The fourth-order valence-corrected chi connectivity index (χ4v) is 1.48. The van der Waals surface area contributed by atoms with Gasteiger partial charge < -0.3 is 4.57 Å². The molecular weight excluding hydrogens is 202 g/mol. The van der Waals surface area contributed by atoms with Crippen LogP contribution in [0.5, 0.6) is 0 Å². The Hall–Kier alpha value is -2.26. The van der Waals surface area contributed by atoms with Gasteiger partial charge in [-0.3, -0.25) is 0 Å². The topological polar surface area (TPSA) is 66.6 Å². The number of hydrogen-bond donors (Lipinski definition) is 0. The Morgan fingerprint density at radius 2 is 2.12 bits per heavy atom. The first kappa shape index (κ1) is 10.3. The number of azide groups is 1. The average molecular weight is 213 g/mol. The van der Waals surface area contributed by atoms with Gasteiger partial charge in [0.15, 0.2) is 0 Å². The van der Waals surface area contributed by atoms with Crippen molar-refractivity contribution in [3.8, 4) is 5.69 Å². The Morgan fingerprint density at radius 3 is 2.69 bits per heavy atom. The van der Waals surface area contributed by atoms with Gasteiger partial charge in [0.1, 0.15) is 0 Å². The van der Waals surface area contributed by atoms with Crippen LogP contribution < -0.4 is 0 Å². The molecule has 0 N–H and O–H groups in total. The molecule has 2 rings (SSSR count). The molecule has 1 aromatic heterocycles. The van der Waals surface area contributed by atoms with E-state index in [2.05, 4.69) is 15.0 Å². The minimum absolute atomic E-state index is 0.137. The molecule has 2 aromatic rings. The molecule has 5 heteroatoms. The van der Waals surface area contributed by atoms with E-state index < -0.39 is 0 Å². The zero-order valence-corrected chi connectivity index (χ0v) is 8.85. The fourth-order valence-electron chi connectivity index (χ4n) is 1.48. The van der Waals surface area contributed by atoms with E-state index in [0.29, 0.717) is 0 Å². The van der Waals surface area contributed by atoms with E-state index in [-0.39, 0.29) is 6.04 Å². The molecule has 1 heterocycles. The molecule has 0 aliphatic heterocycles. The quantitative estimate of drug-likeness (QED) is 0.438. The summed E-state index contributed by atoms with van der Waals surface area (Å²) in [5.41, 5.74) is 10.4. The number of aromatic nitrogens is 2. The Kier molecular flexibility index (Phi) is 2.89. The van der Waals surface area contributed by atoms with E-state index in [0.717, 1.165) is 11.3 Å². The lowest BCUT2D eigenvalue weighted by Crippen LogP contribution is -1.92. The summed E-state index contributed by atoms with van der Waals surface area (Å²) in [5, 5.41) is 3.65. The van der Waals surface area contributed by atoms with Crippen LogP contribution in [0.4, 0.5) is 0 Å². The highest BCUT2D eigenvalue weighted by molar-refractivity contribution is 5.35. The van der Waals surface area contributed by atoms with Gasteiger partial charge in [-0.05, 0) is 23.2 Å². The number of nitrogens with zero attached hydrogens (tertiary/aromatic N) is 5. The zero-order valence-electron chi connectivity index (χ0n) is 8.85. The summed E-state index contributed by atoms with van der Waals surface area (Å²) in [6.45, 7) is 1.87. The summed E-state index contributed by atoms with van der Waals surface area (Å²) in [5.74, 6) is 0. The molecule has 0 unspecified atom stereocenters. The van der Waals surface area contributed by atoms with Gasteiger partial charge >= 0.3 is 0 Å². The molecule has 0 saturated carbocycles. The summed E-state index contributed by atoms with van der Waals surface area (Å²) >= 11 is 0. The van der Waals surface area contributed by atoms with Crippen LogP contribution in [0.1, 0.15) is 18.5 Å². The Bertz CT molecular complexity index is 494. The number of imidazole rings is 1. The highest BCUT2D eigenvalue weighted by atomic mass is 15.1. The molecule has 0 bridgehead atoms. The second-order valence-corrected chi connectivity index (χ2v) is 3.44. The van der Waals surface area contributed by atoms with Gasteiger partial charge in [0.25, 0.3) is 0 Å². The summed E-state index contributed by atoms with van der Waals surface area (Å²) in [6, 6.07) is 7.71. The van der Waals surface area contributed by atoms with Crippen LogP contribution in [0.2, 0.25) is 0 Å². The minimum Gasteiger partial charge on any atom is -0.306 e. The van der Waals surface area contributed by atoms with Gasteiger partial charge in [0.2, 0.25) is 0 Å². The van der Waals surface area contributed by atoms with Crippen molar-refractivity contribution >= 4 is 0 Å². The van der Waals surface area contributed by atoms with Crippen molar-refractivity contribution in [1.29, 1.82) is 0 Å². The maximum atomic E-state index is 8.35. The molecule has 0 aliphatic rings. The van der Waals surface area contributed by atoms with Crippen molar-refractivity contribution < 1.29 is 0 Å². The van der Waals surface area contributed by atoms with Crippen molar-refractivity contribution in [2.45, 2.75) is 13.0 Å². The van der Waals surface area contributed by atoms with Gasteiger partial charge in [-0.15, -0.1) is 0 Å². The first-order chi connectivity index (χ1) is 7.81. The molecule has 0 fully saturated rings. The smallest absolute Gasteiger partial charge is 0.0991 e. The van der Waals surface area contributed by atoms with Crippen LogP contribution in [-0.2, 0) is 0 Å². The Balaban J connectivity index is 2.26. The molecule has 1 atom stereocenters. The normalized spacial score (nSPS) is 11.8. The monoisotopic (exact) mass is 213 g/mol. The minimum atomic E-state index is -0.137. The number of rotatable bonds is 3. The van der Waals surface area contributed by atoms with Gasteiger partial charge in [0.05, 0.1) is 12.4 Å². The van der Waals surface area contributed by atoms with E-state index in [1.165, 1.54) is 0 Å². The summed E-state index contributed by atoms with van der Waals surface area (Å²) < 4.78 is 1.92. The van der Waals surface area contributed by atoms with Crippen LogP contribution in [0.25, 0.3) is 16.1 Å². The van der Waals surface area contributed by atoms with Crippen molar-refractivity contribution in [2.75, 3.05) is 0 Å². The molecule has 0 aliphatic carbocycles. The summed E-state index contributed by atoms with van der Waals surface area (Å²) in [4.78, 5) is 6.78. The van der Waals surface area contributed by atoms with E-state index in [1.54, 1.807) is 12.5 Å². The lowest BCUT2D eigenvalue weighted by molar-refractivity contribution is 0.807. The van der Waals surface area contributed by atoms with E-state index in [4.69, 9.17) is 5.53 Å². The largest absolute Gasteiger partial charge is 0.306 e. The van der Waals surface area contributed by atoms with Crippen LogP contribution in [0, 0.1) is 0 Å². The van der Waals surface area contributed by atoms with Gasteiger partial charge in [0, 0.05) is 23.0 Å². The maximum absolute atomic E-state index is 8.35. The Morgan fingerprint density at radius 1 is 1.38 bits per heavy atom. The molecule has 0 radical (unpaired) electrons. The highest BCUT2D eigenvalue weighted by Gasteiger charge is 2.02. The van der Waals surface area contributed by atoms with Gasteiger partial charge in [-0.25, -0.2) is 4.98 Å². The number of benzene rings is 1. The maximum Gasteiger partial charge on any atom is 0.0991 e. The van der Waals surface area contributed by atoms with Crippen molar-refractivity contribution in [2.24, 2.45) is 5.11 Å². The molecule has 0 saturated heterocycles. The molecular formula is C11H11N5. The van der Waals surface area contributed by atoms with Gasteiger partial charge in [-0.2, -0.15) is 0 Å². The van der Waals surface area contributed by atoms with Crippen LogP contribution in [0.3, 0.4) is 0 Å². The molecule has 0 spiro atoms. The standard InChI is InChI=1S/C11H11N5/c1-9(14-15-12)10-2-4-11(5-3-10)16-7-6-13-8-16/h2-9H,1H3/t9-/m1/s1. The van der Waals surface area contributed by atoms with E-state index in [9.17, 15) is 0 Å².